The van der Waals surface area contributed by atoms with Gasteiger partial charge in [0.05, 0.1) is 13.7 Å². The van der Waals surface area contributed by atoms with Gasteiger partial charge in [0.25, 0.3) is 0 Å². The van der Waals surface area contributed by atoms with Crippen LogP contribution in [0.15, 0.2) is 23.2 Å². The van der Waals surface area contributed by atoms with Crippen molar-refractivity contribution in [1.29, 1.82) is 0 Å². The molecule has 0 spiro atoms. The normalized spacial score (nSPS) is 14.9. The number of alkyl halides is 3. The third kappa shape index (κ3) is 9.17. The maximum atomic E-state index is 12.4. The Morgan fingerprint density at radius 2 is 1.94 bits per heavy atom. The van der Waals surface area contributed by atoms with Crippen molar-refractivity contribution in [1.82, 2.24) is 15.5 Å². The molecule has 0 saturated carbocycles. The van der Waals surface area contributed by atoms with Crippen molar-refractivity contribution in [3.8, 4) is 11.5 Å². The minimum absolute atomic E-state index is 0. The number of aliphatic imine (C=N–C) groups is 1. The van der Waals surface area contributed by atoms with E-state index >= 15 is 0 Å². The third-order valence-electron chi connectivity index (χ3n) is 4.66. The van der Waals surface area contributed by atoms with Crippen molar-refractivity contribution in [2.45, 2.75) is 38.5 Å². The van der Waals surface area contributed by atoms with Gasteiger partial charge < -0.3 is 29.7 Å². The van der Waals surface area contributed by atoms with Crippen LogP contribution in [-0.2, 0) is 11.3 Å². The second-order valence-electron chi connectivity index (χ2n) is 6.92. The maximum absolute atomic E-state index is 12.4. The first-order chi connectivity index (χ1) is 14.8. The maximum Gasteiger partial charge on any atom is 0.422 e. The highest BCUT2D eigenvalue weighted by atomic mass is 127. The average Bonchev–Trinajstić information content (AvgIpc) is 2.75. The third-order valence-corrected chi connectivity index (χ3v) is 4.66. The number of hydrogen-bond acceptors (Lipinski definition) is 5. The average molecular weight is 574 g/mol. The van der Waals surface area contributed by atoms with E-state index in [2.05, 4.69) is 15.6 Å². The number of halogens is 4. The van der Waals surface area contributed by atoms with E-state index in [-0.39, 0.29) is 47.6 Å². The van der Waals surface area contributed by atoms with Gasteiger partial charge in [-0.1, -0.05) is 6.07 Å². The van der Waals surface area contributed by atoms with Crippen LogP contribution >= 0.6 is 24.0 Å². The van der Waals surface area contributed by atoms with Gasteiger partial charge in [-0.2, -0.15) is 13.2 Å². The van der Waals surface area contributed by atoms with Gasteiger partial charge in [-0.15, -0.1) is 24.0 Å². The quantitative estimate of drug-likeness (QED) is 0.295. The van der Waals surface area contributed by atoms with Gasteiger partial charge >= 0.3 is 12.3 Å². The van der Waals surface area contributed by atoms with Gasteiger partial charge in [0.2, 0.25) is 0 Å². The summed E-state index contributed by atoms with van der Waals surface area (Å²) in [6.45, 7) is 2.34. The van der Waals surface area contributed by atoms with Crippen LogP contribution < -0.4 is 20.1 Å². The lowest BCUT2D eigenvalue weighted by Gasteiger charge is -2.32. The van der Waals surface area contributed by atoms with Crippen molar-refractivity contribution < 1.29 is 32.2 Å². The van der Waals surface area contributed by atoms with E-state index in [0.29, 0.717) is 32.2 Å². The van der Waals surface area contributed by atoms with Gasteiger partial charge in [-0.3, -0.25) is 4.99 Å². The molecule has 1 aliphatic heterocycles. The number of ether oxygens (including phenoxy) is 3. The number of nitrogens with one attached hydrogen (secondary N) is 2. The van der Waals surface area contributed by atoms with Crippen LogP contribution in [0.1, 0.15) is 25.3 Å². The summed E-state index contributed by atoms with van der Waals surface area (Å²) in [6.07, 6.45) is -3.19. The Labute approximate surface area is 202 Å². The fraction of sp³-hybridized carbons (Fsp3) is 0.600. The van der Waals surface area contributed by atoms with Crippen molar-refractivity contribution >= 4 is 36.0 Å². The minimum Gasteiger partial charge on any atom is -0.493 e. The van der Waals surface area contributed by atoms with E-state index in [1.165, 1.54) is 13.2 Å². The molecule has 0 atom stereocenters. The molecule has 1 fully saturated rings. The van der Waals surface area contributed by atoms with Crippen LogP contribution in [0, 0.1) is 0 Å². The number of hydrogen-bond donors (Lipinski definition) is 2. The Bertz CT molecular complexity index is 757. The molecule has 32 heavy (non-hydrogen) atoms. The summed E-state index contributed by atoms with van der Waals surface area (Å²) >= 11 is 0. The lowest BCUT2D eigenvalue weighted by atomic mass is 10.1. The molecule has 0 bridgehead atoms. The van der Waals surface area contributed by atoms with Crippen molar-refractivity contribution in [3.63, 3.8) is 0 Å². The number of likely N-dealkylation sites (tertiary alicyclic amines) is 1. The topological polar surface area (TPSA) is 84.4 Å². The molecule has 1 aliphatic rings. The zero-order valence-electron chi connectivity index (χ0n) is 18.3. The molecule has 0 unspecified atom stereocenters. The second kappa shape index (κ2) is 13.4. The molecule has 1 amide bonds. The smallest absolute Gasteiger partial charge is 0.422 e. The molecule has 12 heteroatoms. The van der Waals surface area contributed by atoms with Crippen molar-refractivity contribution in [2.24, 2.45) is 4.99 Å². The molecule has 1 saturated heterocycles. The zero-order valence-corrected chi connectivity index (χ0v) is 20.7. The molecule has 1 aromatic rings. The van der Waals surface area contributed by atoms with Gasteiger partial charge in [-0.05, 0) is 37.5 Å². The number of guanidine groups is 1. The molecule has 2 N–H and O–H groups in total. The predicted molar refractivity (Wildman–Crippen MR) is 125 cm³/mol. The van der Waals surface area contributed by atoms with Gasteiger partial charge in [0.15, 0.2) is 24.1 Å². The molecule has 1 heterocycles. The Balaban J connectivity index is 0.00000512. The molecule has 0 aliphatic carbocycles. The number of nitrogens with zero attached hydrogens (tertiary/aromatic N) is 2. The summed E-state index contributed by atoms with van der Waals surface area (Å²) in [5.74, 6) is 0.836. The molecule has 0 aromatic heterocycles. The minimum atomic E-state index is -4.42. The lowest BCUT2D eigenvalue weighted by molar-refractivity contribution is -0.153. The number of methoxy groups -OCH3 is 1. The number of rotatable bonds is 7. The Hall–Kier alpha value is -2.12. The van der Waals surface area contributed by atoms with Crippen molar-refractivity contribution in [3.05, 3.63) is 23.8 Å². The van der Waals surface area contributed by atoms with Gasteiger partial charge in [-0.25, -0.2) is 4.79 Å². The van der Waals surface area contributed by atoms with E-state index in [4.69, 9.17) is 14.2 Å². The summed E-state index contributed by atoms with van der Waals surface area (Å²) in [5.41, 5.74) is 0.788. The predicted octanol–water partition coefficient (Wildman–Crippen LogP) is 3.54. The fourth-order valence-corrected chi connectivity index (χ4v) is 3.10. The first-order valence-corrected chi connectivity index (χ1v) is 10.0. The summed E-state index contributed by atoms with van der Waals surface area (Å²) in [6, 6.07) is 4.88. The van der Waals surface area contributed by atoms with Gasteiger partial charge in [0, 0.05) is 32.7 Å². The first-order valence-electron chi connectivity index (χ1n) is 10.0. The highest BCUT2D eigenvalue weighted by Gasteiger charge is 2.29. The number of carbonyl (C=O) groups excluding carboxylic acids is 1. The summed E-state index contributed by atoms with van der Waals surface area (Å²) < 4.78 is 52.1. The van der Waals surface area contributed by atoms with E-state index in [0.717, 1.165) is 18.4 Å². The lowest BCUT2D eigenvalue weighted by Crippen LogP contribution is -2.49. The summed E-state index contributed by atoms with van der Waals surface area (Å²) in [7, 11) is 3.02. The largest absolute Gasteiger partial charge is 0.493 e. The number of benzene rings is 1. The van der Waals surface area contributed by atoms with Crippen LogP contribution in [0.25, 0.3) is 0 Å². The van der Waals surface area contributed by atoms with Crippen molar-refractivity contribution in [2.75, 3.05) is 40.5 Å². The van der Waals surface area contributed by atoms with E-state index < -0.39 is 12.8 Å². The number of piperidine rings is 1. The molecule has 8 nitrogen and oxygen atoms in total. The first kappa shape index (κ1) is 27.9. The van der Waals surface area contributed by atoms with Crippen LogP contribution in [0.3, 0.4) is 0 Å². The van der Waals surface area contributed by atoms with E-state index in [9.17, 15) is 18.0 Å². The Morgan fingerprint density at radius 1 is 1.25 bits per heavy atom. The van der Waals surface area contributed by atoms with E-state index in [1.54, 1.807) is 31.0 Å². The molecular formula is C20H30F3IN4O4. The van der Waals surface area contributed by atoms with Crippen LogP contribution in [0.5, 0.6) is 11.5 Å². The van der Waals surface area contributed by atoms with E-state index in [1.807, 2.05) is 0 Å². The summed E-state index contributed by atoms with van der Waals surface area (Å²) in [5, 5.41) is 6.50. The van der Waals surface area contributed by atoms with Gasteiger partial charge in [0.1, 0.15) is 0 Å². The standard InChI is InChI=1S/C20H29F3N4O4.HI/c1-4-30-19(28)27-9-7-15(8-10-27)26-18(24-2)25-12-14-5-6-16(17(11-14)29-3)31-13-20(21,22)23;/h5-6,11,15H,4,7-10,12-13H2,1-3H3,(H2,24,25,26);1H. The SMILES string of the molecule is CCOC(=O)N1CCC(NC(=NC)NCc2ccc(OCC(F)(F)F)c(OC)c2)CC1.I. The molecule has 1 aromatic carbocycles. The Kier molecular flexibility index (Phi) is 11.7. The molecule has 0 radical (unpaired) electrons. The highest BCUT2D eigenvalue weighted by molar-refractivity contribution is 14.0. The fourth-order valence-electron chi connectivity index (χ4n) is 3.10. The zero-order chi connectivity index (χ0) is 22.9. The molecular weight excluding hydrogens is 544 g/mol. The second-order valence-corrected chi connectivity index (χ2v) is 6.92. The molecule has 2 rings (SSSR count). The summed E-state index contributed by atoms with van der Waals surface area (Å²) in [4.78, 5) is 17.7. The van der Waals surface area contributed by atoms with Crippen LogP contribution in [-0.4, -0.2) is 69.6 Å². The van der Waals surface area contributed by atoms with Crippen LogP contribution in [0.4, 0.5) is 18.0 Å². The van der Waals surface area contributed by atoms with Crippen LogP contribution in [0.2, 0.25) is 0 Å². The monoisotopic (exact) mass is 574 g/mol. The molecule has 182 valence electrons. The highest BCUT2D eigenvalue weighted by Crippen LogP contribution is 2.29. The number of carbonyl (C=O) groups is 1. The number of amides is 1. The Morgan fingerprint density at radius 3 is 2.50 bits per heavy atom.